The molecule has 0 aliphatic carbocycles. The highest BCUT2D eigenvalue weighted by Gasteiger charge is 2.25. The molecule has 0 rings (SSSR count). The number of carbonyl (C=O) groups excluding carboxylic acids is 2. The van der Waals surface area contributed by atoms with E-state index in [1.165, 1.54) is 0 Å². The third-order valence-corrected chi connectivity index (χ3v) is 2.07. The Balaban J connectivity index is 4.34. The number of amides is 1. The zero-order valence-electron chi connectivity index (χ0n) is 11.0. The van der Waals surface area contributed by atoms with Crippen molar-refractivity contribution in [2.75, 3.05) is 13.2 Å². The van der Waals surface area contributed by atoms with E-state index in [0.717, 1.165) is 0 Å². The largest absolute Gasteiger partial charge is 0.481 e. The van der Waals surface area contributed by atoms with E-state index < -0.39 is 43.0 Å². The Bertz CT molecular complexity index is 331. The Morgan fingerprint density at radius 1 is 1.32 bits per heavy atom. The molecule has 0 aromatic heterocycles. The summed E-state index contributed by atoms with van der Waals surface area (Å²) in [6, 6.07) is -2.53. The van der Waals surface area contributed by atoms with Crippen LogP contribution in [0.2, 0.25) is 0 Å². The van der Waals surface area contributed by atoms with Gasteiger partial charge in [-0.3, -0.25) is 9.59 Å². The summed E-state index contributed by atoms with van der Waals surface area (Å²) in [5, 5.41) is 19.6. The van der Waals surface area contributed by atoms with Crippen LogP contribution >= 0.6 is 0 Å². The van der Waals surface area contributed by atoms with Gasteiger partial charge >= 0.3 is 11.9 Å². The molecule has 0 unspecified atom stereocenters. The highest BCUT2D eigenvalue weighted by Crippen LogP contribution is 1.97. The van der Waals surface area contributed by atoms with Crippen LogP contribution in [0.4, 0.5) is 0 Å². The number of aliphatic hydroxyl groups is 1. The number of hydrogen-bond acceptors (Lipinski definition) is 6. The number of hydrogen-bond donors (Lipinski definition) is 4. The summed E-state index contributed by atoms with van der Waals surface area (Å²) < 4.78 is 4.85. The van der Waals surface area contributed by atoms with Crippen molar-refractivity contribution in [3.63, 3.8) is 0 Å². The molecule has 0 aliphatic heterocycles. The van der Waals surface area contributed by atoms with Crippen molar-refractivity contribution in [1.82, 2.24) is 5.32 Å². The monoisotopic (exact) mass is 276 g/mol. The lowest BCUT2D eigenvalue weighted by Crippen LogP contribution is -2.51. The Morgan fingerprint density at radius 2 is 1.89 bits per heavy atom. The quantitative estimate of drug-likeness (QED) is 0.394. The number of carbonyl (C=O) groups is 3. The van der Waals surface area contributed by atoms with E-state index in [4.69, 9.17) is 20.7 Å². The first-order chi connectivity index (χ1) is 8.77. The molecule has 0 fully saturated rings. The fraction of sp³-hybridized carbons (Fsp3) is 0.727. The van der Waals surface area contributed by atoms with Crippen LogP contribution in [0.25, 0.3) is 0 Å². The standard InChI is InChI=1S/C11H20N2O6/c1-6(2)5-19-11(18)8(4-14)13-10(17)7(12)3-9(15)16/h6-8,14H,3-5,12H2,1-2H3,(H,13,17)(H,15,16)/t7-,8+/m0/s1. The third kappa shape index (κ3) is 7.37. The maximum absolute atomic E-state index is 11.5. The molecular formula is C11H20N2O6. The predicted molar refractivity (Wildman–Crippen MR) is 65.0 cm³/mol. The number of nitrogens with two attached hydrogens (primary N) is 1. The molecule has 19 heavy (non-hydrogen) atoms. The average molecular weight is 276 g/mol. The molecule has 0 aromatic carbocycles. The number of aliphatic hydroxyl groups excluding tert-OH is 1. The zero-order chi connectivity index (χ0) is 15.0. The lowest BCUT2D eigenvalue weighted by Gasteiger charge is -2.18. The first kappa shape index (κ1) is 17.3. The van der Waals surface area contributed by atoms with E-state index >= 15 is 0 Å². The van der Waals surface area contributed by atoms with Crippen LogP contribution in [0, 0.1) is 5.92 Å². The highest BCUT2D eigenvalue weighted by atomic mass is 16.5. The van der Waals surface area contributed by atoms with Gasteiger partial charge in [-0.25, -0.2) is 4.79 Å². The van der Waals surface area contributed by atoms with E-state index in [1.54, 1.807) is 0 Å². The van der Waals surface area contributed by atoms with Gasteiger partial charge in [0.2, 0.25) is 5.91 Å². The van der Waals surface area contributed by atoms with Gasteiger partial charge < -0.3 is 26.0 Å². The Hall–Kier alpha value is -1.67. The topological polar surface area (TPSA) is 139 Å². The van der Waals surface area contributed by atoms with Gasteiger partial charge in [0.1, 0.15) is 0 Å². The van der Waals surface area contributed by atoms with Crippen molar-refractivity contribution in [1.29, 1.82) is 0 Å². The van der Waals surface area contributed by atoms with Gasteiger partial charge in [0.05, 0.1) is 25.7 Å². The second-order valence-corrected chi connectivity index (χ2v) is 4.47. The SMILES string of the molecule is CC(C)COC(=O)[C@@H](CO)NC(=O)[C@@H](N)CC(=O)O. The first-order valence-corrected chi connectivity index (χ1v) is 5.83. The molecule has 0 heterocycles. The molecule has 0 spiro atoms. The molecule has 0 saturated carbocycles. The van der Waals surface area contributed by atoms with Crippen molar-refractivity contribution in [2.45, 2.75) is 32.4 Å². The van der Waals surface area contributed by atoms with Crippen LogP contribution in [0.1, 0.15) is 20.3 Å². The number of esters is 1. The normalized spacial score (nSPS) is 13.7. The fourth-order valence-corrected chi connectivity index (χ4v) is 1.09. The van der Waals surface area contributed by atoms with Gasteiger partial charge in [0.15, 0.2) is 6.04 Å². The molecule has 8 heteroatoms. The maximum atomic E-state index is 11.5. The Kier molecular flexibility index (Phi) is 7.69. The van der Waals surface area contributed by atoms with Crippen LogP contribution < -0.4 is 11.1 Å². The molecule has 0 saturated heterocycles. The van der Waals surface area contributed by atoms with Crippen molar-refractivity contribution in [2.24, 2.45) is 11.7 Å². The Morgan fingerprint density at radius 3 is 2.32 bits per heavy atom. The molecule has 5 N–H and O–H groups in total. The first-order valence-electron chi connectivity index (χ1n) is 5.83. The summed E-state index contributed by atoms with van der Waals surface area (Å²) in [7, 11) is 0. The van der Waals surface area contributed by atoms with Gasteiger partial charge in [-0.15, -0.1) is 0 Å². The fourth-order valence-electron chi connectivity index (χ4n) is 1.09. The maximum Gasteiger partial charge on any atom is 0.331 e. The number of ether oxygens (including phenoxy) is 1. The van der Waals surface area contributed by atoms with Crippen molar-refractivity contribution in [3.05, 3.63) is 0 Å². The number of aliphatic carboxylic acids is 1. The van der Waals surface area contributed by atoms with E-state index in [0.29, 0.717) is 0 Å². The molecule has 0 aromatic rings. The molecule has 0 radical (unpaired) electrons. The van der Waals surface area contributed by atoms with Gasteiger partial charge in [-0.1, -0.05) is 13.8 Å². The predicted octanol–water partition coefficient (Wildman–Crippen LogP) is -1.54. The van der Waals surface area contributed by atoms with Crippen LogP contribution in [0.15, 0.2) is 0 Å². The van der Waals surface area contributed by atoms with Crippen LogP contribution in [-0.4, -0.2) is 53.4 Å². The minimum absolute atomic E-state index is 0.119. The summed E-state index contributed by atoms with van der Waals surface area (Å²) in [4.78, 5) is 33.4. The minimum Gasteiger partial charge on any atom is -0.481 e. The number of rotatable bonds is 8. The van der Waals surface area contributed by atoms with Gasteiger partial charge in [-0.2, -0.15) is 0 Å². The molecule has 1 amide bonds. The summed E-state index contributed by atoms with van der Waals surface area (Å²) >= 11 is 0. The van der Waals surface area contributed by atoms with Crippen LogP contribution in [0.3, 0.4) is 0 Å². The van der Waals surface area contributed by atoms with Crippen LogP contribution in [0.5, 0.6) is 0 Å². The zero-order valence-corrected chi connectivity index (χ0v) is 11.0. The molecular weight excluding hydrogens is 256 g/mol. The molecule has 0 aliphatic rings. The van der Waals surface area contributed by atoms with E-state index in [-0.39, 0.29) is 12.5 Å². The average Bonchev–Trinajstić information content (AvgIpc) is 2.31. The lowest BCUT2D eigenvalue weighted by atomic mass is 10.2. The van der Waals surface area contributed by atoms with Gasteiger partial charge in [0.25, 0.3) is 0 Å². The highest BCUT2D eigenvalue weighted by molar-refractivity contribution is 5.89. The van der Waals surface area contributed by atoms with Crippen LogP contribution in [-0.2, 0) is 19.1 Å². The molecule has 8 nitrogen and oxygen atoms in total. The summed E-state index contributed by atoms with van der Waals surface area (Å²) in [6.07, 6.45) is -0.564. The lowest BCUT2D eigenvalue weighted by molar-refractivity contribution is -0.150. The van der Waals surface area contributed by atoms with E-state index in [9.17, 15) is 14.4 Å². The summed E-state index contributed by atoms with van der Waals surface area (Å²) in [6.45, 7) is 3.18. The van der Waals surface area contributed by atoms with E-state index in [1.807, 2.05) is 13.8 Å². The van der Waals surface area contributed by atoms with Gasteiger partial charge in [-0.05, 0) is 5.92 Å². The smallest absolute Gasteiger partial charge is 0.331 e. The summed E-state index contributed by atoms with van der Waals surface area (Å²) in [5.74, 6) is -2.73. The molecule has 110 valence electrons. The van der Waals surface area contributed by atoms with Crippen molar-refractivity contribution in [3.8, 4) is 0 Å². The second kappa shape index (κ2) is 8.44. The molecule has 0 bridgehead atoms. The van der Waals surface area contributed by atoms with Crippen molar-refractivity contribution >= 4 is 17.8 Å². The van der Waals surface area contributed by atoms with E-state index in [2.05, 4.69) is 5.32 Å². The second-order valence-electron chi connectivity index (χ2n) is 4.47. The third-order valence-electron chi connectivity index (χ3n) is 2.07. The number of nitrogens with one attached hydrogen (secondary N) is 1. The Labute approximate surface area is 110 Å². The minimum atomic E-state index is -1.29. The number of carboxylic acid groups (broad SMARTS) is 1. The van der Waals surface area contributed by atoms with Gasteiger partial charge in [0, 0.05) is 0 Å². The number of carboxylic acids is 1. The summed E-state index contributed by atoms with van der Waals surface area (Å²) in [5.41, 5.74) is 5.32. The molecule has 2 atom stereocenters. The van der Waals surface area contributed by atoms with Crippen molar-refractivity contribution < 1.29 is 29.3 Å².